The Morgan fingerprint density at radius 2 is 1.92 bits per heavy atom. The normalized spacial score (nSPS) is 11.7. The summed E-state index contributed by atoms with van der Waals surface area (Å²) in [6.07, 6.45) is -3.81. The average Bonchev–Trinajstić information content (AvgIpc) is 3.00. The minimum absolute atomic E-state index is 0.0785. The van der Waals surface area contributed by atoms with Crippen molar-refractivity contribution in [3.63, 3.8) is 0 Å². The van der Waals surface area contributed by atoms with Gasteiger partial charge in [-0.25, -0.2) is 4.98 Å². The first-order valence-electron chi connectivity index (χ1n) is 7.22. The van der Waals surface area contributed by atoms with Gasteiger partial charge in [0.2, 0.25) is 0 Å². The second kappa shape index (κ2) is 6.65. The number of rotatable bonds is 3. The van der Waals surface area contributed by atoms with Crippen LogP contribution in [0.4, 0.5) is 13.2 Å². The monoisotopic (exact) mass is 384 g/mol. The molecule has 0 N–H and O–H groups in total. The van der Waals surface area contributed by atoms with Crippen LogP contribution in [0.1, 0.15) is 16.8 Å². The molecule has 3 nitrogen and oxygen atoms in total. The third kappa shape index (κ3) is 3.93. The van der Waals surface area contributed by atoms with Gasteiger partial charge in [-0.3, -0.25) is 4.79 Å². The summed E-state index contributed by atoms with van der Waals surface area (Å²) in [5, 5.41) is 1.99. The van der Waals surface area contributed by atoms with Gasteiger partial charge in [0, 0.05) is 17.1 Å². The van der Waals surface area contributed by atoms with Gasteiger partial charge in [0.1, 0.15) is 10.0 Å². The number of halogens is 4. The molecule has 0 aliphatic carbocycles. The van der Waals surface area contributed by atoms with E-state index < -0.39 is 22.3 Å². The lowest BCUT2D eigenvalue weighted by atomic mass is 10.2. The molecule has 0 spiro atoms. The van der Waals surface area contributed by atoms with E-state index in [4.69, 9.17) is 11.6 Å². The van der Waals surface area contributed by atoms with Crippen LogP contribution >= 0.6 is 22.9 Å². The van der Waals surface area contributed by atoms with Crippen LogP contribution in [0.5, 0.6) is 0 Å². The van der Waals surface area contributed by atoms with Crippen molar-refractivity contribution in [2.24, 2.45) is 0 Å². The van der Waals surface area contributed by atoms with E-state index in [1.807, 2.05) is 31.2 Å². The van der Waals surface area contributed by atoms with Gasteiger partial charge < -0.3 is 4.57 Å². The summed E-state index contributed by atoms with van der Waals surface area (Å²) >= 11 is 7.02. The zero-order valence-corrected chi connectivity index (χ0v) is 14.5. The van der Waals surface area contributed by atoms with E-state index in [-0.39, 0.29) is 6.54 Å². The van der Waals surface area contributed by atoms with E-state index in [9.17, 15) is 18.0 Å². The fourth-order valence-corrected chi connectivity index (χ4v) is 3.30. The molecule has 0 atom stereocenters. The van der Waals surface area contributed by atoms with Crippen LogP contribution in [-0.4, -0.2) is 9.55 Å². The molecule has 0 aliphatic heterocycles. The number of aryl methyl sites for hydroxylation is 1. The van der Waals surface area contributed by atoms with E-state index in [1.54, 1.807) is 5.38 Å². The summed E-state index contributed by atoms with van der Waals surface area (Å²) in [4.78, 5) is 16.4. The zero-order chi connectivity index (χ0) is 18.2. The summed E-state index contributed by atoms with van der Waals surface area (Å²) in [5.41, 5.74) is 0.880. The second-order valence-electron chi connectivity index (χ2n) is 5.52. The largest absolute Gasteiger partial charge is 0.417 e. The van der Waals surface area contributed by atoms with Crippen LogP contribution in [0.3, 0.4) is 0 Å². The van der Waals surface area contributed by atoms with Crippen LogP contribution < -0.4 is 5.56 Å². The Balaban J connectivity index is 1.92. The summed E-state index contributed by atoms with van der Waals surface area (Å²) in [6.45, 7) is 1.89. The highest BCUT2D eigenvalue weighted by Gasteiger charge is 2.32. The molecule has 0 fully saturated rings. The first-order valence-corrected chi connectivity index (χ1v) is 8.48. The number of aromatic nitrogens is 2. The van der Waals surface area contributed by atoms with Gasteiger partial charge in [-0.05, 0) is 13.0 Å². The number of thiazole rings is 1. The first kappa shape index (κ1) is 17.7. The fraction of sp³-hybridized carbons (Fsp3) is 0.176. The van der Waals surface area contributed by atoms with Crippen molar-refractivity contribution in [3.8, 4) is 10.6 Å². The van der Waals surface area contributed by atoms with Gasteiger partial charge >= 0.3 is 6.18 Å². The Morgan fingerprint density at radius 1 is 1.24 bits per heavy atom. The third-order valence-electron chi connectivity index (χ3n) is 3.55. The molecule has 2 aromatic heterocycles. The van der Waals surface area contributed by atoms with Crippen LogP contribution in [0, 0.1) is 6.92 Å². The molecule has 0 bridgehead atoms. The van der Waals surface area contributed by atoms with E-state index in [0.717, 1.165) is 26.9 Å². The quantitative estimate of drug-likeness (QED) is 0.637. The summed E-state index contributed by atoms with van der Waals surface area (Å²) < 4.78 is 39.6. The Morgan fingerprint density at radius 3 is 2.56 bits per heavy atom. The van der Waals surface area contributed by atoms with Gasteiger partial charge in [-0.1, -0.05) is 41.4 Å². The van der Waals surface area contributed by atoms with Crippen molar-refractivity contribution in [2.45, 2.75) is 19.6 Å². The van der Waals surface area contributed by atoms with E-state index in [1.165, 1.54) is 11.3 Å². The van der Waals surface area contributed by atoms with Crippen molar-refractivity contribution >= 4 is 22.9 Å². The van der Waals surface area contributed by atoms with Gasteiger partial charge in [-0.15, -0.1) is 11.3 Å². The second-order valence-corrected chi connectivity index (χ2v) is 6.78. The lowest BCUT2D eigenvalue weighted by Gasteiger charge is -2.10. The number of pyridine rings is 1. The highest BCUT2D eigenvalue weighted by atomic mass is 35.5. The zero-order valence-electron chi connectivity index (χ0n) is 13.0. The molecule has 0 unspecified atom stereocenters. The minimum Gasteiger partial charge on any atom is -0.308 e. The third-order valence-corrected chi connectivity index (χ3v) is 4.76. The standard InChI is InChI=1S/C17H12ClF3N2OS/c1-10-2-4-11(5-3-10)15-22-13(9-25-15)8-23-7-12(17(19,20)21)6-14(18)16(23)24/h2-7,9H,8H2,1H3. The smallest absolute Gasteiger partial charge is 0.308 e. The van der Waals surface area contributed by atoms with E-state index in [0.29, 0.717) is 11.8 Å². The molecule has 8 heteroatoms. The predicted octanol–water partition coefficient (Wildman–Crippen LogP) is 5.00. The van der Waals surface area contributed by atoms with Crippen LogP contribution in [0.25, 0.3) is 10.6 Å². The molecular formula is C17H12ClF3N2OS. The predicted molar refractivity (Wildman–Crippen MR) is 92.1 cm³/mol. The highest BCUT2D eigenvalue weighted by Crippen LogP contribution is 2.30. The van der Waals surface area contributed by atoms with Crippen LogP contribution in [-0.2, 0) is 12.7 Å². The Hall–Kier alpha value is -2.12. The molecule has 0 aliphatic rings. The van der Waals surface area contributed by atoms with Gasteiger partial charge in [-0.2, -0.15) is 13.2 Å². The molecular weight excluding hydrogens is 373 g/mol. The number of alkyl halides is 3. The topological polar surface area (TPSA) is 34.9 Å². The lowest BCUT2D eigenvalue weighted by molar-refractivity contribution is -0.138. The Labute approximate surface area is 150 Å². The van der Waals surface area contributed by atoms with Crippen LogP contribution in [0.2, 0.25) is 5.02 Å². The van der Waals surface area contributed by atoms with Crippen molar-refractivity contribution in [1.82, 2.24) is 9.55 Å². The van der Waals surface area contributed by atoms with Crippen molar-refractivity contribution in [3.05, 3.63) is 74.1 Å². The molecule has 0 radical (unpaired) electrons. The molecule has 3 rings (SSSR count). The van der Waals surface area contributed by atoms with Gasteiger partial charge in [0.25, 0.3) is 5.56 Å². The number of benzene rings is 1. The molecule has 25 heavy (non-hydrogen) atoms. The van der Waals surface area contributed by atoms with Gasteiger partial charge in [0.05, 0.1) is 17.8 Å². The molecule has 0 saturated carbocycles. The minimum atomic E-state index is -4.58. The van der Waals surface area contributed by atoms with E-state index in [2.05, 4.69) is 4.98 Å². The highest BCUT2D eigenvalue weighted by molar-refractivity contribution is 7.13. The van der Waals surface area contributed by atoms with Crippen molar-refractivity contribution in [1.29, 1.82) is 0 Å². The lowest BCUT2D eigenvalue weighted by Crippen LogP contribution is -2.23. The summed E-state index contributed by atoms with van der Waals surface area (Å²) in [6, 6.07) is 8.39. The average molecular weight is 385 g/mol. The molecule has 3 aromatic rings. The molecule has 130 valence electrons. The van der Waals surface area contributed by atoms with Crippen molar-refractivity contribution in [2.75, 3.05) is 0 Å². The molecule has 0 amide bonds. The fourth-order valence-electron chi connectivity index (χ4n) is 2.25. The number of nitrogens with zero attached hydrogens (tertiary/aromatic N) is 2. The number of hydrogen-bond donors (Lipinski definition) is 0. The Kier molecular flexibility index (Phi) is 4.71. The molecule has 1 aromatic carbocycles. The molecule has 0 saturated heterocycles. The van der Waals surface area contributed by atoms with E-state index >= 15 is 0 Å². The molecule has 2 heterocycles. The SMILES string of the molecule is Cc1ccc(-c2nc(Cn3cc(C(F)(F)F)cc(Cl)c3=O)cs2)cc1. The van der Waals surface area contributed by atoms with Gasteiger partial charge in [0.15, 0.2) is 0 Å². The summed E-state index contributed by atoms with van der Waals surface area (Å²) in [5.74, 6) is 0. The maximum Gasteiger partial charge on any atom is 0.417 e. The Bertz CT molecular complexity index is 961. The van der Waals surface area contributed by atoms with Crippen LogP contribution in [0.15, 0.2) is 46.7 Å². The maximum atomic E-state index is 12.9. The first-order chi connectivity index (χ1) is 11.7. The van der Waals surface area contributed by atoms with Crippen molar-refractivity contribution < 1.29 is 13.2 Å². The summed E-state index contributed by atoms with van der Waals surface area (Å²) in [7, 11) is 0. The number of hydrogen-bond acceptors (Lipinski definition) is 3. The maximum absolute atomic E-state index is 12.9.